The summed E-state index contributed by atoms with van der Waals surface area (Å²) in [6.07, 6.45) is 7.43. The lowest BCUT2D eigenvalue weighted by Crippen LogP contribution is -2.54. The monoisotopic (exact) mass is 486 g/mol. The number of para-hydroxylation sites is 1. The molecule has 0 aromatic heterocycles. The molecule has 1 saturated heterocycles. The van der Waals surface area contributed by atoms with Gasteiger partial charge in [0.2, 0.25) is 17.7 Å². The van der Waals surface area contributed by atoms with E-state index in [4.69, 9.17) is 11.6 Å². The van der Waals surface area contributed by atoms with E-state index >= 15 is 0 Å². The summed E-state index contributed by atoms with van der Waals surface area (Å²) in [7, 11) is 0. The number of anilines is 1. The Hall–Kier alpha value is -2.12. The summed E-state index contributed by atoms with van der Waals surface area (Å²) in [5.41, 5.74) is 0.451. The minimum absolute atomic E-state index is 0.0750. The molecular formula is C26H35ClN4O3. The number of benzene rings is 1. The van der Waals surface area contributed by atoms with E-state index in [1.807, 2.05) is 21.9 Å². The lowest BCUT2D eigenvalue weighted by molar-refractivity contribution is -0.146. The fourth-order valence-corrected chi connectivity index (χ4v) is 7.31. The topological polar surface area (TPSA) is 81.8 Å². The molecule has 6 rings (SSSR count). The van der Waals surface area contributed by atoms with E-state index in [1.165, 1.54) is 19.3 Å². The van der Waals surface area contributed by atoms with Crippen LogP contribution < -0.4 is 10.6 Å². The van der Waals surface area contributed by atoms with Crippen molar-refractivity contribution in [3.63, 3.8) is 0 Å². The number of carbonyl (C=O) groups is 3. The normalized spacial score (nSPS) is 30.3. The third-order valence-electron chi connectivity index (χ3n) is 8.38. The molecule has 1 aromatic carbocycles. The van der Waals surface area contributed by atoms with E-state index in [0.717, 1.165) is 37.0 Å². The Balaban J connectivity index is 1.02. The first-order valence-corrected chi connectivity index (χ1v) is 13.1. The summed E-state index contributed by atoms with van der Waals surface area (Å²) in [5.74, 6) is 2.37. The number of carbonyl (C=O) groups excluding carboxylic acids is 3. The second kappa shape index (κ2) is 9.86. The van der Waals surface area contributed by atoms with E-state index in [-0.39, 0.29) is 29.7 Å². The maximum Gasteiger partial charge on any atom is 0.238 e. The second-order valence-corrected chi connectivity index (χ2v) is 11.3. The quantitative estimate of drug-likeness (QED) is 0.620. The van der Waals surface area contributed by atoms with Crippen molar-refractivity contribution in [1.29, 1.82) is 0 Å². The molecule has 5 aliphatic rings. The Morgan fingerprint density at radius 1 is 0.941 bits per heavy atom. The molecule has 34 heavy (non-hydrogen) atoms. The third kappa shape index (κ3) is 5.10. The van der Waals surface area contributed by atoms with Crippen LogP contribution in [0.25, 0.3) is 0 Å². The summed E-state index contributed by atoms with van der Waals surface area (Å²) in [6.45, 7) is 3.19. The van der Waals surface area contributed by atoms with Crippen LogP contribution in [0.3, 0.4) is 0 Å². The first-order valence-electron chi connectivity index (χ1n) is 12.7. The Bertz CT molecular complexity index is 908. The largest absolute Gasteiger partial charge is 0.355 e. The summed E-state index contributed by atoms with van der Waals surface area (Å²) in [4.78, 5) is 42.0. The Kier molecular flexibility index (Phi) is 6.85. The van der Waals surface area contributed by atoms with Gasteiger partial charge in [-0.1, -0.05) is 23.7 Å². The van der Waals surface area contributed by atoms with Crippen molar-refractivity contribution in [2.75, 3.05) is 44.6 Å². The minimum Gasteiger partial charge on any atom is -0.355 e. The number of nitrogens with zero attached hydrogens (tertiary/aromatic N) is 2. The number of halogens is 1. The molecule has 184 valence electrons. The zero-order valence-electron chi connectivity index (χ0n) is 19.7. The summed E-state index contributed by atoms with van der Waals surface area (Å²) < 4.78 is 0. The molecule has 2 N–H and O–H groups in total. The highest BCUT2D eigenvalue weighted by atomic mass is 35.5. The summed E-state index contributed by atoms with van der Waals surface area (Å²) >= 11 is 6.10. The highest BCUT2D eigenvalue weighted by Crippen LogP contribution is 2.60. The molecule has 1 heterocycles. The van der Waals surface area contributed by atoms with Gasteiger partial charge in [-0.2, -0.15) is 0 Å². The minimum atomic E-state index is -0.159. The van der Waals surface area contributed by atoms with Gasteiger partial charge >= 0.3 is 0 Å². The fourth-order valence-electron chi connectivity index (χ4n) is 7.13. The van der Waals surface area contributed by atoms with E-state index in [0.29, 0.717) is 49.9 Å². The van der Waals surface area contributed by atoms with Gasteiger partial charge in [0.1, 0.15) is 0 Å². The van der Waals surface area contributed by atoms with E-state index in [9.17, 15) is 14.4 Å². The van der Waals surface area contributed by atoms with E-state index in [1.54, 1.807) is 12.1 Å². The first-order chi connectivity index (χ1) is 16.4. The summed E-state index contributed by atoms with van der Waals surface area (Å²) in [5, 5.41) is 6.47. The Morgan fingerprint density at radius 3 is 2.18 bits per heavy atom. The molecule has 0 radical (unpaired) electrons. The van der Waals surface area contributed by atoms with Crippen LogP contribution in [0.2, 0.25) is 5.02 Å². The Labute approximate surface area is 206 Å². The third-order valence-corrected chi connectivity index (χ3v) is 8.71. The maximum atomic E-state index is 13.1. The van der Waals surface area contributed by atoms with Crippen LogP contribution in [0.15, 0.2) is 24.3 Å². The van der Waals surface area contributed by atoms with Crippen molar-refractivity contribution in [2.45, 2.75) is 44.9 Å². The van der Waals surface area contributed by atoms with Gasteiger partial charge in [-0.15, -0.1) is 0 Å². The molecule has 4 aliphatic carbocycles. The van der Waals surface area contributed by atoms with Crippen LogP contribution in [0, 0.1) is 23.2 Å². The summed E-state index contributed by atoms with van der Waals surface area (Å²) in [6, 6.07) is 7.17. The molecule has 1 aromatic rings. The van der Waals surface area contributed by atoms with Crippen LogP contribution >= 0.6 is 11.6 Å². The molecule has 0 unspecified atom stereocenters. The van der Waals surface area contributed by atoms with Crippen molar-refractivity contribution in [1.82, 2.24) is 15.1 Å². The smallest absolute Gasteiger partial charge is 0.238 e. The van der Waals surface area contributed by atoms with Crippen LogP contribution in [0.4, 0.5) is 5.69 Å². The molecule has 4 bridgehead atoms. The van der Waals surface area contributed by atoms with Gasteiger partial charge < -0.3 is 15.5 Å². The Morgan fingerprint density at radius 2 is 1.56 bits per heavy atom. The van der Waals surface area contributed by atoms with E-state index in [2.05, 4.69) is 10.6 Å². The molecule has 0 atom stereocenters. The van der Waals surface area contributed by atoms with Crippen molar-refractivity contribution in [3.8, 4) is 0 Å². The lowest BCUT2D eigenvalue weighted by atomic mass is 9.49. The van der Waals surface area contributed by atoms with Gasteiger partial charge in [-0.3, -0.25) is 19.3 Å². The van der Waals surface area contributed by atoms with Crippen LogP contribution in [0.5, 0.6) is 0 Å². The van der Waals surface area contributed by atoms with Crippen molar-refractivity contribution >= 4 is 35.0 Å². The standard InChI is InChI=1S/C26H35ClN4O3/c27-21-3-1-2-4-22(21)29-23(32)17-30-7-9-31(10-8-30)24(33)5-6-28-25(34)26-14-18-11-19(15-26)13-20(12-18)16-26/h1-4,18-20H,5-17H2,(H,28,34)(H,29,32). The molecule has 1 aliphatic heterocycles. The molecule has 8 heteroatoms. The van der Waals surface area contributed by atoms with Gasteiger partial charge in [0.25, 0.3) is 0 Å². The van der Waals surface area contributed by atoms with Gasteiger partial charge in [0, 0.05) is 44.6 Å². The molecular weight excluding hydrogens is 452 g/mol. The maximum absolute atomic E-state index is 13.1. The zero-order valence-corrected chi connectivity index (χ0v) is 20.5. The van der Waals surface area contributed by atoms with Crippen molar-refractivity contribution in [3.05, 3.63) is 29.3 Å². The van der Waals surface area contributed by atoms with Crippen LogP contribution in [0.1, 0.15) is 44.9 Å². The number of hydrogen-bond donors (Lipinski definition) is 2. The molecule has 5 fully saturated rings. The number of hydrogen-bond acceptors (Lipinski definition) is 4. The number of rotatable bonds is 7. The predicted octanol–water partition coefficient (Wildman–Crippen LogP) is 3.15. The SMILES string of the molecule is O=C(CN1CCN(C(=O)CCNC(=O)C23CC4CC(CC(C4)C2)C3)CC1)Nc1ccccc1Cl. The zero-order chi connectivity index (χ0) is 23.7. The molecule has 3 amide bonds. The van der Waals surface area contributed by atoms with Crippen molar-refractivity contribution in [2.24, 2.45) is 23.2 Å². The van der Waals surface area contributed by atoms with Gasteiger partial charge in [-0.25, -0.2) is 0 Å². The van der Waals surface area contributed by atoms with Gasteiger partial charge in [0.05, 0.1) is 17.3 Å². The average molecular weight is 487 g/mol. The highest BCUT2D eigenvalue weighted by Gasteiger charge is 2.54. The predicted molar refractivity (Wildman–Crippen MR) is 131 cm³/mol. The number of amides is 3. The molecule has 4 saturated carbocycles. The van der Waals surface area contributed by atoms with E-state index < -0.39 is 0 Å². The van der Waals surface area contributed by atoms with Crippen LogP contribution in [-0.2, 0) is 14.4 Å². The average Bonchev–Trinajstić information content (AvgIpc) is 2.80. The van der Waals surface area contributed by atoms with Gasteiger partial charge in [-0.05, 0) is 68.4 Å². The van der Waals surface area contributed by atoms with Crippen molar-refractivity contribution < 1.29 is 14.4 Å². The number of nitrogens with one attached hydrogen (secondary N) is 2. The van der Waals surface area contributed by atoms with Crippen LogP contribution in [-0.4, -0.2) is 66.8 Å². The fraction of sp³-hybridized carbons (Fsp3) is 0.654. The lowest BCUT2D eigenvalue weighted by Gasteiger charge is -2.55. The number of piperazine rings is 1. The molecule has 0 spiro atoms. The molecule has 7 nitrogen and oxygen atoms in total. The van der Waals surface area contributed by atoms with Gasteiger partial charge in [0.15, 0.2) is 0 Å². The first kappa shape index (κ1) is 23.6. The second-order valence-electron chi connectivity index (χ2n) is 10.9. The highest BCUT2D eigenvalue weighted by molar-refractivity contribution is 6.33.